The Morgan fingerprint density at radius 1 is 0.600 bits per heavy atom. The molecule has 8 aromatic rings. The van der Waals surface area contributed by atoms with Crippen LogP contribution in [0, 0.1) is 0 Å². The van der Waals surface area contributed by atoms with Crippen LogP contribution in [0.15, 0.2) is 155 Å². The van der Waals surface area contributed by atoms with Crippen molar-refractivity contribution in [1.29, 1.82) is 0 Å². The number of nitrogens with zero attached hydrogens (tertiary/aromatic N) is 4. The number of aliphatic hydroxyl groups excluding tert-OH is 1. The van der Waals surface area contributed by atoms with Crippen molar-refractivity contribution in [2.45, 2.75) is 20.0 Å². The fraction of sp³-hybridized carbons (Fsp3) is 0.111. The molecular weight excluding hydrogens is 776 g/mol. The van der Waals surface area contributed by atoms with E-state index in [0.717, 1.165) is 62.4 Å². The van der Waals surface area contributed by atoms with Crippen LogP contribution in [-0.2, 0) is 27.4 Å². The molecule has 2 aromatic heterocycles. The van der Waals surface area contributed by atoms with Gasteiger partial charge in [-0.05, 0) is 63.9 Å². The third-order valence-electron chi connectivity index (χ3n) is 9.17. The quantitative estimate of drug-likeness (QED) is 0.0631. The molecule has 14 nitrogen and oxygen atoms in total. The van der Waals surface area contributed by atoms with Gasteiger partial charge in [-0.15, -0.1) is 0 Å². The number of hydrogen-bond donors (Lipinski definition) is 3. The van der Waals surface area contributed by atoms with Crippen LogP contribution in [0.4, 0.5) is 0 Å². The van der Waals surface area contributed by atoms with Crippen LogP contribution in [0.2, 0.25) is 0 Å². The average Bonchev–Trinajstić information content (AvgIpc) is 3.68. The van der Waals surface area contributed by atoms with Gasteiger partial charge in [-0.25, -0.2) is 19.2 Å². The van der Waals surface area contributed by atoms with E-state index in [2.05, 4.69) is 24.0 Å². The van der Waals surface area contributed by atoms with Gasteiger partial charge in [0.25, 0.3) is 0 Å². The molecule has 0 radical (unpaired) electrons. The van der Waals surface area contributed by atoms with Crippen LogP contribution in [0.1, 0.15) is 18.1 Å². The molecule has 0 bridgehead atoms. The van der Waals surface area contributed by atoms with E-state index in [-0.39, 0.29) is 46.4 Å². The maximum absolute atomic E-state index is 13.1. The summed E-state index contributed by atoms with van der Waals surface area (Å²) in [6.45, 7) is 2.89. The van der Waals surface area contributed by atoms with E-state index >= 15 is 0 Å². The summed E-state index contributed by atoms with van der Waals surface area (Å²) < 4.78 is 11.2. The number of hydrogen-bond acceptors (Lipinski definition) is 8. The van der Waals surface area contributed by atoms with Gasteiger partial charge >= 0.3 is 52.9 Å². The maximum Gasteiger partial charge on any atom is 1.00 e. The second-order valence-electron chi connectivity index (χ2n) is 12.5. The van der Waals surface area contributed by atoms with Crippen LogP contribution in [0.25, 0.3) is 61.9 Å². The molecule has 304 valence electrons. The number of carbonyl (C=O) groups is 2. The summed E-state index contributed by atoms with van der Waals surface area (Å²) in [5, 5.41) is 20.4. The van der Waals surface area contributed by atoms with Crippen LogP contribution in [0.3, 0.4) is 0 Å². The molecule has 6 N–H and O–H groups in total. The topological polar surface area (TPSA) is 218 Å². The number of aromatic nitrogens is 4. The van der Waals surface area contributed by atoms with Gasteiger partial charge in [-0.2, -0.15) is 0 Å². The van der Waals surface area contributed by atoms with E-state index < -0.39 is 11.9 Å². The van der Waals surface area contributed by atoms with Crippen molar-refractivity contribution in [2.24, 2.45) is 5.84 Å². The predicted molar refractivity (Wildman–Crippen MR) is 232 cm³/mol. The number of aliphatic hydroxyl groups is 1. The van der Waals surface area contributed by atoms with Crippen LogP contribution in [0.5, 0.6) is 0 Å². The predicted octanol–water partition coefficient (Wildman–Crippen LogP) is 3.95. The zero-order chi connectivity index (χ0) is 41.6. The Morgan fingerprint density at radius 3 is 1.38 bits per heavy atom. The third-order valence-corrected chi connectivity index (χ3v) is 9.17. The van der Waals surface area contributed by atoms with Crippen LogP contribution < -0.4 is 46.8 Å². The second-order valence-corrected chi connectivity index (χ2v) is 12.5. The van der Waals surface area contributed by atoms with Crippen LogP contribution in [-0.4, -0.2) is 59.6 Å². The summed E-state index contributed by atoms with van der Waals surface area (Å²) >= 11 is 0. The van der Waals surface area contributed by atoms with Crippen molar-refractivity contribution in [2.75, 3.05) is 13.7 Å². The molecule has 0 aliphatic carbocycles. The Morgan fingerprint density at radius 2 is 0.967 bits per heavy atom. The maximum atomic E-state index is 13.1. The zero-order valence-corrected chi connectivity index (χ0v) is 35.4. The molecule has 0 spiro atoms. The first kappa shape index (κ1) is 48.0. The molecule has 0 aliphatic rings. The minimum absolute atomic E-state index is 0. The summed E-state index contributed by atoms with van der Waals surface area (Å²) in [6.07, 6.45) is 5.02. The van der Waals surface area contributed by atoms with Gasteiger partial charge < -0.3 is 32.1 Å². The Labute approximate surface area is 367 Å². The Kier molecular flexibility index (Phi) is 18.6. The molecule has 60 heavy (non-hydrogen) atoms. The minimum Gasteiger partial charge on any atom is -0.870 e. The standard InChI is InChI=1S/C23H20N2O3.C21H16N2O3.CH4O.H3N2.Na.H2O/c1-2-28-22(26)14-15-24-20-12-5-6-13-21(20)25(23(24)27)16-18-10-7-9-17-8-3-4-11-19(17)18;24-20(25)12-13-22-18-10-3-4-11-19(18)23(21(22)26)14-16-8-5-7-15-6-1-2-9-17(15)16;2*1-2;;/h3-15H,2,16H2,1H3;1-13H,14H2,(H,24,25);2H,1H3;1H,2H2;;1H2/q;;;-1;+1;/p-1/b15-14+;13-12+;;;;. The fourth-order valence-electron chi connectivity index (χ4n) is 6.72. The molecule has 0 fully saturated rings. The van der Waals surface area contributed by atoms with Gasteiger partial charge in [0, 0.05) is 31.7 Å². The molecule has 2 heterocycles. The number of carboxylic acid groups (broad SMARTS) is 1. The zero-order valence-electron chi connectivity index (χ0n) is 33.4. The Hall–Kier alpha value is -6.36. The smallest absolute Gasteiger partial charge is 0.870 e. The molecule has 0 saturated heterocycles. The van der Waals surface area contributed by atoms with Gasteiger partial charge in [-0.3, -0.25) is 18.3 Å². The van der Waals surface area contributed by atoms with E-state index in [1.165, 1.54) is 27.6 Å². The number of imidazole rings is 2. The number of carboxylic acids is 1. The first-order valence-corrected chi connectivity index (χ1v) is 18.2. The van der Waals surface area contributed by atoms with E-state index in [1.54, 1.807) is 16.1 Å². The van der Waals surface area contributed by atoms with E-state index in [1.807, 2.05) is 115 Å². The SMILES string of the molecule is CCOC(=O)/C=C/n1c(=O)n(Cc2cccc3ccccc23)c2ccccc21.CO.O=C(O)/C=C/n1c(=O)n(Cc2cccc3ccccc23)c2ccccc21.[NH-]N.[Na+].[OH-]. The molecule has 0 aliphatic heterocycles. The molecule has 8 rings (SSSR count). The van der Waals surface area contributed by atoms with E-state index in [4.69, 9.17) is 20.8 Å². The monoisotopic (exact) mass is 819 g/mol. The van der Waals surface area contributed by atoms with Crippen molar-refractivity contribution < 1.29 is 59.6 Å². The summed E-state index contributed by atoms with van der Waals surface area (Å²) in [4.78, 5) is 48.6. The van der Waals surface area contributed by atoms with E-state index in [0.29, 0.717) is 25.2 Å². The van der Waals surface area contributed by atoms with E-state index in [9.17, 15) is 19.2 Å². The molecule has 0 amide bonds. The number of esters is 1. The molecule has 15 heteroatoms. The first-order chi connectivity index (χ1) is 28.3. The minimum atomic E-state index is -1.09. The number of aliphatic carboxylic acids is 1. The molecular formula is C45H44N6NaO8-. The Bertz CT molecular complexity index is 2860. The fourth-order valence-corrected chi connectivity index (χ4v) is 6.72. The largest absolute Gasteiger partial charge is 1.00 e. The third kappa shape index (κ3) is 10.8. The summed E-state index contributed by atoms with van der Waals surface area (Å²) in [7, 11) is 1.00. The van der Waals surface area contributed by atoms with Crippen LogP contribution >= 0.6 is 0 Å². The normalized spacial score (nSPS) is 10.6. The number of para-hydroxylation sites is 4. The van der Waals surface area contributed by atoms with Gasteiger partial charge in [0.2, 0.25) is 0 Å². The molecule has 6 aromatic carbocycles. The average molecular weight is 820 g/mol. The number of ether oxygens (including phenoxy) is 1. The van der Waals surface area contributed by atoms with Gasteiger partial charge in [0.15, 0.2) is 0 Å². The van der Waals surface area contributed by atoms with Crippen molar-refractivity contribution in [3.05, 3.63) is 184 Å². The van der Waals surface area contributed by atoms with Crippen molar-refractivity contribution >= 4 is 68.0 Å². The summed E-state index contributed by atoms with van der Waals surface area (Å²) in [6, 6.07) is 43.2. The van der Waals surface area contributed by atoms with Crippen molar-refractivity contribution in [1.82, 2.24) is 18.3 Å². The number of carbonyl (C=O) groups excluding carboxylic acids is 1. The molecule has 0 atom stereocenters. The Balaban J connectivity index is 0.000000288. The number of rotatable bonds is 9. The number of fused-ring (bicyclic) bond motifs is 4. The van der Waals surface area contributed by atoms with Gasteiger partial charge in [0.05, 0.1) is 41.8 Å². The second kappa shape index (κ2) is 23.3. The number of nitrogens with one attached hydrogen (secondary N) is 1. The molecule has 0 unspecified atom stereocenters. The van der Waals surface area contributed by atoms with Crippen molar-refractivity contribution in [3.8, 4) is 0 Å². The summed E-state index contributed by atoms with van der Waals surface area (Å²) in [5.41, 5.74) is 4.64. The van der Waals surface area contributed by atoms with Gasteiger partial charge in [-0.1, -0.05) is 109 Å². The first-order valence-electron chi connectivity index (χ1n) is 18.2. The van der Waals surface area contributed by atoms with Crippen molar-refractivity contribution in [3.63, 3.8) is 0 Å². The number of benzene rings is 6. The number of nitrogens with two attached hydrogens (primary N) is 1. The molecule has 0 saturated carbocycles. The summed E-state index contributed by atoms with van der Waals surface area (Å²) in [5.74, 6) is 7.43. The van der Waals surface area contributed by atoms with Gasteiger partial charge in [0.1, 0.15) is 0 Å².